The lowest BCUT2D eigenvalue weighted by Gasteiger charge is -2.30. The number of hydrogen-bond acceptors (Lipinski definition) is 2. The second-order valence-electron chi connectivity index (χ2n) is 8.60. The van der Waals surface area contributed by atoms with Crippen LogP contribution in [-0.2, 0) is 16.8 Å². The first-order chi connectivity index (χ1) is 14.1. The molecule has 5 heteroatoms. The molecule has 3 aromatic rings. The number of carbonyl (C=O) groups excluding carboxylic acids is 1. The van der Waals surface area contributed by atoms with Gasteiger partial charge in [-0.2, -0.15) is 0 Å². The van der Waals surface area contributed by atoms with Crippen molar-refractivity contribution in [2.75, 3.05) is 25.1 Å². The van der Waals surface area contributed by atoms with Gasteiger partial charge in [-0.1, -0.05) is 26.0 Å². The molecule has 1 spiro atoms. The number of ether oxygens (including phenoxy) is 1. The molecule has 5 nitrogen and oxygen atoms in total. The number of carbonyl (C=O) groups is 1. The SMILES string of the molecule is COc1ccc2[nH]c3c(c2c1)CC[NH2+][C@]31C(=O)N(CCC(C)C)c2ccccc21. The molecule has 1 atom stereocenters. The van der Waals surface area contributed by atoms with E-state index < -0.39 is 5.54 Å². The van der Waals surface area contributed by atoms with Gasteiger partial charge in [0.1, 0.15) is 5.75 Å². The lowest BCUT2D eigenvalue weighted by atomic mass is 9.82. The van der Waals surface area contributed by atoms with Crippen LogP contribution in [0.2, 0.25) is 0 Å². The summed E-state index contributed by atoms with van der Waals surface area (Å²) in [6.45, 7) is 6.05. The first kappa shape index (κ1) is 18.3. The van der Waals surface area contributed by atoms with E-state index in [2.05, 4.69) is 48.4 Å². The van der Waals surface area contributed by atoms with Crippen molar-refractivity contribution in [1.29, 1.82) is 0 Å². The number of H-pyrrole nitrogens is 1. The number of benzene rings is 2. The third kappa shape index (κ3) is 2.53. The van der Waals surface area contributed by atoms with E-state index in [0.29, 0.717) is 5.92 Å². The van der Waals surface area contributed by atoms with Crippen LogP contribution in [0.1, 0.15) is 37.1 Å². The normalized spacial score (nSPS) is 20.6. The number of aromatic amines is 1. The molecule has 2 aliphatic heterocycles. The first-order valence-corrected chi connectivity index (χ1v) is 10.5. The second-order valence-corrected chi connectivity index (χ2v) is 8.60. The van der Waals surface area contributed by atoms with E-state index >= 15 is 0 Å². The minimum atomic E-state index is -0.715. The number of hydrogen-bond donors (Lipinski definition) is 2. The standard InChI is InChI=1S/C24H27N3O2/c1-15(2)11-13-27-21-7-5-4-6-19(21)24(23(27)28)22-17(10-12-25-24)18-14-16(29-3)8-9-20(18)26-22/h4-9,14-15,25-26H,10-13H2,1-3H3/p+1/t24-/m0/s1. The van der Waals surface area contributed by atoms with Gasteiger partial charge in [-0.25, -0.2) is 0 Å². The molecule has 1 aromatic heterocycles. The highest BCUT2D eigenvalue weighted by molar-refractivity contribution is 6.09. The van der Waals surface area contributed by atoms with Crippen LogP contribution in [0.15, 0.2) is 42.5 Å². The molecular formula is C24H28N3O2+. The van der Waals surface area contributed by atoms with Gasteiger partial charge in [0.2, 0.25) is 5.54 Å². The predicted octanol–water partition coefficient (Wildman–Crippen LogP) is 2.93. The van der Waals surface area contributed by atoms with Gasteiger partial charge < -0.3 is 19.9 Å². The van der Waals surface area contributed by atoms with Gasteiger partial charge in [-0.15, -0.1) is 0 Å². The first-order valence-electron chi connectivity index (χ1n) is 10.5. The van der Waals surface area contributed by atoms with E-state index in [1.807, 2.05) is 23.1 Å². The summed E-state index contributed by atoms with van der Waals surface area (Å²) in [7, 11) is 1.69. The number of nitrogens with two attached hydrogens (primary N) is 1. The summed E-state index contributed by atoms with van der Waals surface area (Å²) in [5.41, 5.74) is 4.79. The van der Waals surface area contributed by atoms with Crippen LogP contribution in [0.25, 0.3) is 10.9 Å². The van der Waals surface area contributed by atoms with E-state index in [1.54, 1.807) is 7.11 Å². The average molecular weight is 391 g/mol. The molecular weight excluding hydrogens is 362 g/mol. The Labute approximate surface area is 171 Å². The Hall–Kier alpha value is -2.79. The van der Waals surface area contributed by atoms with Gasteiger partial charge in [0, 0.05) is 23.9 Å². The summed E-state index contributed by atoms with van der Waals surface area (Å²) in [5, 5.41) is 3.40. The minimum absolute atomic E-state index is 0.179. The number of anilines is 1. The third-order valence-corrected chi connectivity index (χ3v) is 6.48. The van der Waals surface area contributed by atoms with E-state index in [0.717, 1.165) is 59.5 Å². The number of methoxy groups -OCH3 is 1. The smallest absolute Gasteiger partial charge is 0.299 e. The van der Waals surface area contributed by atoms with Crippen LogP contribution < -0.4 is 15.0 Å². The predicted molar refractivity (Wildman–Crippen MR) is 114 cm³/mol. The van der Waals surface area contributed by atoms with Crippen molar-refractivity contribution < 1.29 is 14.8 Å². The highest BCUT2D eigenvalue weighted by Crippen LogP contribution is 2.45. The molecule has 0 bridgehead atoms. The van der Waals surface area contributed by atoms with Crippen molar-refractivity contribution in [3.05, 3.63) is 59.3 Å². The number of fused-ring (bicyclic) bond motifs is 6. The molecule has 150 valence electrons. The third-order valence-electron chi connectivity index (χ3n) is 6.48. The average Bonchev–Trinajstić information content (AvgIpc) is 3.22. The van der Waals surface area contributed by atoms with E-state index in [4.69, 9.17) is 4.74 Å². The summed E-state index contributed by atoms with van der Waals surface area (Å²) >= 11 is 0. The second kappa shape index (κ2) is 6.63. The zero-order chi connectivity index (χ0) is 20.2. The Morgan fingerprint density at radius 1 is 1.24 bits per heavy atom. The van der Waals surface area contributed by atoms with Gasteiger partial charge in [-0.3, -0.25) is 4.79 Å². The summed E-state index contributed by atoms with van der Waals surface area (Å²) < 4.78 is 5.45. The van der Waals surface area contributed by atoms with Crippen molar-refractivity contribution in [3.63, 3.8) is 0 Å². The number of aromatic nitrogens is 1. The van der Waals surface area contributed by atoms with Gasteiger partial charge >= 0.3 is 0 Å². The monoisotopic (exact) mass is 390 g/mol. The van der Waals surface area contributed by atoms with Crippen LogP contribution in [0, 0.1) is 5.92 Å². The quantitative estimate of drug-likeness (QED) is 0.720. The molecule has 0 fully saturated rings. The molecule has 29 heavy (non-hydrogen) atoms. The summed E-state index contributed by atoms with van der Waals surface area (Å²) in [6.07, 6.45) is 1.93. The lowest BCUT2D eigenvalue weighted by Crippen LogP contribution is -2.99. The maximum Gasteiger partial charge on any atom is 0.299 e. The Kier molecular flexibility index (Phi) is 4.17. The van der Waals surface area contributed by atoms with Crippen LogP contribution in [-0.4, -0.2) is 31.1 Å². The Bertz CT molecular complexity index is 1100. The highest BCUT2D eigenvalue weighted by atomic mass is 16.5. The van der Waals surface area contributed by atoms with Crippen molar-refractivity contribution in [3.8, 4) is 5.75 Å². The minimum Gasteiger partial charge on any atom is -0.497 e. The molecule has 3 N–H and O–H groups in total. The van der Waals surface area contributed by atoms with Crippen molar-refractivity contribution in [2.45, 2.75) is 32.2 Å². The molecule has 0 saturated heterocycles. The number of nitrogens with one attached hydrogen (secondary N) is 1. The van der Waals surface area contributed by atoms with Crippen molar-refractivity contribution in [2.24, 2.45) is 5.92 Å². The molecule has 2 aromatic carbocycles. The van der Waals surface area contributed by atoms with Crippen LogP contribution in [0.3, 0.4) is 0 Å². The Morgan fingerprint density at radius 3 is 2.86 bits per heavy atom. The van der Waals surface area contributed by atoms with E-state index in [1.165, 1.54) is 5.56 Å². The molecule has 1 amide bonds. The maximum atomic E-state index is 14.0. The maximum absolute atomic E-state index is 14.0. The van der Waals surface area contributed by atoms with Crippen LogP contribution in [0.5, 0.6) is 5.75 Å². The molecule has 0 unspecified atom stereocenters. The molecule has 0 radical (unpaired) electrons. The molecule has 0 aliphatic carbocycles. The van der Waals surface area contributed by atoms with Gasteiger partial charge in [0.25, 0.3) is 5.91 Å². The molecule has 5 rings (SSSR count). The zero-order valence-corrected chi connectivity index (χ0v) is 17.3. The topological polar surface area (TPSA) is 61.9 Å². The number of rotatable bonds is 4. The summed E-state index contributed by atoms with van der Waals surface area (Å²) in [6, 6.07) is 14.4. The van der Waals surface area contributed by atoms with Gasteiger partial charge in [0.15, 0.2) is 0 Å². The van der Waals surface area contributed by atoms with E-state index in [-0.39, 0.29) is 5.91 Å². The highest BCUT2D eigenvalue weighted by Gasteiger charge is 2.58. The number of amides is 1. The molecule has 3 heterocycles. The number of nitrogens with zero attached hydrogens (tertiary/aromatic N) is 1. The Morgan fingerprint density at radius 2 is 2.07 bits per heavy atom. The Balaban J connectivity index is 1.71. The summed E-state index contributed by atoms with van der Waals surface area (Å²) in [5.74, 6) is 1.58. The number of para-hydroxylation sites is 1. The fourth-order valence-corrected chi connectivity index (χ4v) is 5.01. The van der Waals surface area contributed by atoms with Gasteiger partial charge in [-0.05, 0) is 48.2 Å². The van der Waals surface area contributed by atoms with Crippen LogP contribution >= 0.6 is 0 Å². The number of quaternary nitrogens is 1. The summed E-state index contributed by atoms with van der Waals surface area (Å²) in [4.78, 5) is 19.6. The fraction of sp³-hybridized carbons (Fsp3) is 0.375. The molecule has 0 saturated carbocycles. The fourth-order valence-electron chi connectivity index (χ4n) is 5.01. The van der Waals surface area contributed by atoms with Crippen LogP contribution in [0.4, 0.5) is 5.69 Å². The lowest BCUT2D eigenvalue weighted by molar-refractivity contribution is -0.714. The van der Waals surface area contributed by atoms with Gasteiger partial charge in [0.05, 0.1) is 30.6 Å². The van der Waals surface area contributed by atoms with Crippen molar-refractivity contribution >= 4 is 22.5 Å². The zero-order valence-electron chi connectivity index (χ0n) is 17.3. The van der Waals surface area contributed by atoms with Crippen molar-refractivity contribution in [1.82, 2.24) is 4.98 Å². The molecule has 2 aliphatic rings. The van der Waals surface area contributed by atoms with E-state index in [9.17, 15) is 4.79 Å². The largest absolute Gasteiger partial charge is 0.497 e.